The largest absolute Gasteiger partial charge is 0.298 e. The van der Waals surface area contributed by atoms with Gasteiger partial charge in [-0.3, -0.25) is 14.8 Å². The predicted octanol–water partition coefficient (Wildman–Crippen LogP) is 4.65. The van der Waals surface area contributed by atoms with Crippen LogP contribution in [-0.2, 0) is 10.0 Å². The molecular formula is C19H15N3O3S3. The number of rotatable bonds is 5. The van der Waals surface area contributed by atoms with Crippen molar-refractivity contribution in [2.24, 2.45) is 0 Å². The molecule has 2 aromatic carbocycles. The summed E-state index contributed by atoms with van der Waals surface area (Å²) < 4.78 is 26.0. The number of carbonyl (C=O) groups is 1. The maximum absolute atomic E-state index is 12.6. The van der Waals surface area contributed by atoms with Gasteiger partial charge in [0.2, 0.25) is 10.0 Å². The molecule has 0 saturated carbocycles. The van der Waals surface area contributed by atoms with E-state index in [2.05, 4.69) is 15.0 Å². The van der Waals surface area contributed by atoms with Crippen LogP contribution in [0.25, 0.3) is 21.3 Å². The van der Waals surface area contributed by atoms with E-state index >= 15 is 0 Å². The van der Waals surface area contributed by atoms with Crippen molar-refractivity contribution < 1.29 is 13.2 Å². The van der Waals surface area contributed by atoms with E-state index in [9.17, 15) is 13.2 Å². The van der Waals surface area contributed by atoms with Gasteiger partial charge in [0, 0.05) is 32.1 Å². The molecule has 1 amide bonds. The fraction of sp³-hybridized carbons (Fsp3) is 0.0526. The molecule has 0 aliphatic rings. The summed E-state index contributed by atoms with van der Waals surface area (Å²) in [4.78, 5) is 17.1. The van der Waals surface area contributed by atoms with Crippen molar-refractivity contribution in [3.63, 3.8) is 0 Å². The number of carbonyl (C=O) groups excluding carboxylic acids is 1. The summed E-state index contributed by atoms with van der Waals surface area (Å²) in [6.07, 6.45) is 1.10. The van der Waals surface area contributed by atoms with Gasteiger partial charge in [-0.15, -0.1) is 22.7 Å². The van der Waals surface area contributed by atoms with Crippen LogP contribution in [0.15, 0.2) is 59.3 Å². The quantitative estimate of drug-likeness (QED) is 0.483. The van der Waals surface area contributed by atoms with Gasteiger partial charge in [0.1, 0.15) is 0 Å². The molecule has 6 nitrogen and oxygen atoms in total. The second-order valence-corrected chi connectivity index (χ2v) is 9.61. The number of aromatic nitrogens is 1. The smallest absolute Gasteiger partial charge is 0.258 e. The highest BCUT2D eigenvalue weighted by molar-refractivity contribution is 7.92. The first-order valence-corrected chi connectivity index (χ1v) is 11.9. The molecule has 2 aromatic heterocycles. The highest BCUT2D eigenvalue weighted by Gasteiger charge is 2.14. The van der Waals surface area contributed by atoms with Crippen molar-refractivity contribution in [3.05, 3.63) is 64.9 Å². The molecule has 0 spiro atoms. The first kappa shape index (κ1) is 18.6. The van der Waals surface area contributed by atoms with Gasteiger partial charge in [-0.2, -0.15) is 0 Å². The van der Waals surface area contributed by atoms with Crippen LogP contribution in [0.3, 0.4) is 0 Å². The maximum atomic E-state index is 12.6. The van der Waals surface area contributed by atoms with Gasteiger partial charge < -0.3 is 0 Å². The molecule has 0 saturated heterocycles. The molecule has 0 atom stereocenters. The zero-order valence-corrected chi connectivity index (χ0v) is 17.1. The van der Waals surface area contributed by atoms with Crippen LogP contribution in [-0.4, -0.2) is 25.6 Å². The Morgan fingerprint density at radius 3 is 2.50 bits per heavy atom. The van der Waals surface area contributed by atoms with Gasteiger partial charge in [-0.05, 0) is 18.2 Å². The molecule has 9 heteroatoms. The SMILES string of the molecule is CS(=O)(=O)Nc1ccc(-c2csc(NC(=O)c3csc4ccccc34)n2)cc1. The Bertz CT molecular complexity index is 1260. The topological polar surface area (TPSA) is 88.2 Å². The first-order valence-electron chi connectivity index (χ1n) is 8.20. The lowest BCUT2D eigenvalue weighted by atomic mass is 10.1. The van der Waals surface area contributed by atoms with Crippen molar-refractivity contribution in [1.82, 2.24) is 4.98 Å². The summed E-state index contributed by atoms with van der Waals surface area (Å²) in [5, 5.41) is 7.98. The molecule has 142 valence electrons. The molecule has 4 aromatic rings. The Labute approximate surface area is 169 Å². The molecule has 28 heavy (non-hydrogen) atoms. The van der Waals surface area contributed by atoms with Crippen LogP contribution in [0.4, 0.5) is 10.8 Å². The van der Waals surface area contributed by atoms with E-state index in [0.717, 1.165) is 21.9 Å². The zero-order chi connectivity index (χ0) is 19.7. The molecule has 2 heterocycles. The number of hydrogen-bond acceptors (Lipinski definition) is 6. The molecule has 0 fully saturated rings. The van der Waals surface area contributed by atoms with E-state index in [1.165, 1.54) is 22.7 Å². The average molecular weight is 430 g/mol. The third kappa shape index (κ3) is 4.06. The van der Waals surface area contributed by atoms with E-state index < -0.39 is 10.0 Å². The second-order valence-electron chi connectivity index (χ2n) is 6.09. The molecular weight excluding hydrogens is 414 g/mol. The van der Waals surface area contributed by atoms with Crippen LogP contribution < -0.4 is 10.0 Å². The zero-order valence-electron chi connectivity index (χ0n) is 14.7. The van der Waals surface area contributed by atoms with Gasteiger partial charge in [0.05, 0.1) is 17.5 Å². The summed E-state index contributed by atoms with van der Waals surface area (Å²) in [6, 6.07) is 14.7. The third-order valence-electron chi connectivity index (χ3n) is 3.93. The van der Waals surface area contributed by atoms with E-state index in [1.54, 1.807) is 24.3 Å². The molecule has 0 radical (unpaired) electrons. The van der Waals surface area contributed by atoms with Gasteiger partial charge in [-0.25, -0.2) is 13.4 Å². The summed E-state index contributed by atoms with van der Waals surface area (Å²) >= 11 is 2.87. The van der Waals surface area contributed by atoms with Crippen molar-refractivity contribution in [1.29, 1.82) is 0 Å². The van der Waals surface area contributed by atoms with Gasteiger partial charge >= 0.3 is 0 Å². The average Bonchev–Trinajstić information content (AvgIpc) is 3.28. The minimum absolute atomic E-state index is 0.189. The first-order chi connectivity index (χ1) is 13.4. The Hall–Kier alpha value is -2.75. The van der Waals surface area contributed by atoms with E-state index in [0.29, 0.717) is 22.1 Å². The lowest BCUT2D eigenvalue weighted by Gasteiger charge is -2.04. The van der Waals surface area contributed by atoms with Crippen molar-refractivity contribution in [3.8, 4) is 11.3 Å². The number of sulfonamides is 1. The Balaban J connectivity index is 1.51. The second kappa shape index (κ2) is 7.34. The highest BCUT2D eigenvalue weighted by atomic mass is 32.2. The lowest BCUT2D eigenvalue weighted by molar-refractivity contribution is 0.102. The monoisotopic (exact) mass is 429 g/mol. The fourth-order valence-corrected chi connectivity index (χ4v) is 4.92. The van der Waals surface area contributed by atoms with Crippen molar-refractivity contribution >= 4 is 59.5 Å². The number of nitrogens with zero attached hydrogens (tertiary/aromatic N) is 1. The molecule has 2 N–H and O–H groups in total. The van der Waals surface area contributed by atoms with Gasteiger partial charge in [-0.1, -0.05) is 30.3 Å². The minimum atomic E-state index is -3.31. The summed E-state index contributed by atoms with van der Waals surface area (Å²) in [5.74, 6) is -0.189. The molecule has 0 bridgehead atoms. The number of fused-ring (bicyclic) bond motifs is 1. The summed E-state index contributed by atoms with van der Waals surface area (Å²) in [5.41, 5.74) is 2.66. The number of benzene rings is 2. The molecule has 0 unspecified atom stereocenters. The molecule has 0 aliphatic carbocycles. The minimum Gasteiger partial charge on any atom is -0.298 e. The Morgan fingerprint density at radius 1 is 1.00 bits per heavy atom. The van der Waals surface area contributed by atoms with Crippen LogP contribution in [0.5, 0.6) is 0 Å². The Morgan fingerprint density at radius 2 is 1.75 bits per heavy atom. The normalized spacial score (nSPS) is 11.5. The van der Waals surface area contributed by atoms with Gasteiger partial charge in [0.15, 0.2) is 5.13 Å². The Kier molecular flexibility index (Phi) is 4.88. The number of nitrogens with one attached hydrogen (secondary N) is 2. The number of thiophene rings is 1. The lowest BCUT2D eigenvalue weighted by Crippen LogP contribution is -2.10. The van der Waals surface area contributed by atoms with Crippen LogP contribution in [0.1, 0.15) is 10.4 Å². The fourth-order valence-electron chi connectivity index (χ4n) is 2.70. The van der Waals surface area contributed by atoms with Gasteiger partial charge in [0.25, 0.3) is 5.91 Å². The predicted molar refractivity (Wildman–Crippen MR) is 116 cm³/mol. The third-order valence-corrected chi connectivity index (χ3v) is 6.26. The van der Waals surface area contributed by atoms with Crippen LogP contribution in [0, 0.1) is 0 Å². The molecule has 4 rings (SSSR count). The number of anilines is 2. The number of amides is 1. The summed E-state index contributed by atoms with van der Waals surface area (Å²) in [7, 11) is -3.31. The maximum Gasteiger partial charge on any atom is 0.258 e. The number of thiazole rings is 1. The van der Waals surface area contributed by atoms with Crippen LogP contribution >= 0.6 is 22.7 Å². The molecule has 0 aliphatic heterocycles. The van der Waals surface area contributed by atoms with Crippen molar-refractivity contribution in [2.45, 2.75) is 0 Å². The van der Waals surface area contributed by atoms with E-state index in [4.69, 9.17) is 0 Å². The van der Waals surface area contributed by atoms with Crippen LogP contribution in [0.2, 0.25) is 0 Å². The van der Waals surface area contributed by atoms with Crippen molar-refractivity contribution in [2.75, 3.05) is 16.3 Å². The highest BCUT2D eigenvalue weighted by Crippen LogP contribution is 2.29. The van der Waals surface area contributed by atoms with E-state index in [-0.39, 0.29) is 5.91 Å². The van der Waals surface area contributed by atoms with E-state index in [1.807, 2.05) is 35.0 Å². The summed E-state index contributed by atoms with van der Waals surface area (Å²) in [6.45, 7) is 0. The number of hydrogen-bond donors (Lipinski definition) is 2. The standard InChI is InChI=1S/C19H15N3O3S3/c1-28(24,25)22-13-8-6-12(7-9-13)16-11-27-19(20-16)21-18(23)15-10-26-17-5-3-2-4-14(15)17/h2-11,22H,1H3,(H,20,21,23).